The van der Waals surface area contributed by atoms with Crippen molar-refractivity contribution in [1.29, 1.82) is 0 Å². The van der Waals surface area contributed by atoms with Gasteiger partial charge in [0.2, 0.25) is 0 Å². The molecule has 3 aromatic heterocycles. The van der Waals surface area contributed by atoms with Crippen molar-refractivity contribution >= 4 is 35.2 Å². The van der Waals surface area contributed by atoms with Gasteiger partial charge in [0.1, 0.15) is 5.58 Å². The molecule has 1 saturated carbocycles. The number of pyridine rings is 2. The second-order valence-electron chi connectivity index (χ2n) is 19.3. The third kappa shape index (κ3) is 10.9. The third-order valence-corrected chi connectivity index (χ3v) is 15.8. The van der Waals surface area contributed by atoms with Crippen molar-refractivity contribution < 1.29 is 24.5 Å². The van der Waals surface area contributed by atoms with Crippen molar-refractivity contribution in [2.75, 3.05) is 0 Å². The van der Waals surface area contributed by atoms with Gasteiger partial charge in [-0.2, -0.15) is 0 Å². The van der Waals surface area contributed by atoms with E-state index in [1.165, 1.54) is 82.7 Å². The zero-order valence-corrected chi connectivity index (χ0v) is 43.4. The molecule has 341 valence electrons. The smallest absolute Gasteiger partial charge is 0.122 e. The molecule has 0 unspecified atom stereocenters. The van der Waals surface area contributed by atoms with Gasteiger partial charge in [0, 0.05) is 37.9 Å². The fourth-order valence-electron chi connectivity index (χ4n) is 10.1. The fourth-order valence-corrected chi connectivity index (χ4v) is 11.7. The number of aryl methyl sites for hydroxylation is 1. The van der Waals surface area contributed by atoms with Gasteiger partial charge in [-0.1, -0.05) is 198 Å². The van der Waals surface area contributed by atoms with Crippen molar-refractivity contribution in [3.05, 3.63) is 187 Å². The number of nitrogens with zero attached hydrogens (tertiary/aromatic N) is 2. The number of benzene rings is 6. The first-order chi connectivity index (χ1) is 32.2. The van der Waals surface area contributed by atoms with E-state index >= 15 is 0 Å². The quantitative estimate of drug-likeness (QED) is 0.0957. The van der Waals surface area contributed by atoms with E-state index in [9.17, 15) is 0 Å². The van der Waals surface area contributed by atoms with Crippen LogP contribution in [0.1, 0.15) is 81.4 Å². The standard InChI is InChI=1S/C34H28NO.C28H34NSi.Ir/c1-3-23(4-2)26-17-18-35-31(21-26)27-15-16-32-30(19-27)34-29(25-13-9-6-10-14-25)20-28(22-33(34)36-32)24-11-7-5-8-12-24;1-21-15-16-24(18-26(21)23-13-9-6-10-14-23)27-19-25(17-22-11-7-5-8-12-22)28(20-29-27)30(2,3)4;/h5-14,16-23H,3-4H2,1-2H3;6,9-10,13-15,18-20,22H,5,7-8,11-12,17H2,1-4H3;/q2*-1;. The molecular weight excluding hydrogens is 1010 g/mol. The average molecular weight is 1070 g/mol. The van der Waals surface area contributed by atoms with Crippen LogP contribution in [-0.2, 0) is 26.5 Å². The fraction of sp³-hybridized carbons (Fsp3) is 0.258. The molecule has 0 bridgehead atoms. The van der Waals surface area contributed by atoms with Crippen LogP contribution in [0.5, 0.6) is 0 Å². The predicted octanol–water partition coefficient (Wildman–Crippen LogP) is 16.9. The Morgan fingerprint density at radius 3 is 1.90 bits per heavy atom. The molecule has 10 rings (SSSR count). The molecule has 1 fully saturated rings. The monoisotopic (exact) mass is 1070 g/mol. The summed E-state index contributed by atoms with van der Waals surface area (Å²) in [6.07, 6.45) is 14.6. The molecule has 0 amide bonds. The van der Waals surface area contributed by atoms with E-state index in [4.69, 9.17) is 14.4 Å². The van der Waals surface area contributed by atoms with Gasteiger partial charge in [0.05, 0.1) is 13.7 Å². The van der Waals surface area contributed by atoms with Gasteiger partial charge >= 0.3 is 0 Å². The van der Waals surface area contributed by atoms with Crippen molar-refractivity contribution in [2.24, 2.45) is 5.92 Å². The van der Waals surface area contributed by atoms with Crippen LogP contribution in [0.3, 0.4) is 0 Å². The van der Waals surface area contributed by atoms with E-state index in [1.54, 1.807) is 5.56 Å². The maximum absolute atomic E-state index is 6.41. The number of fused-ring (bicyclic) bond motifs is 3. The first kappa shape index (κ1) is 47.8. The molecule has 0 aliphatic heterocycles. The summed E-state index contributed by atoms with van der Waals surface area (Å²) in [4.78, 5) is 9.64. The second kappa shape index (κ2) is 21.5. The van der Waals surface area contributed by atoms with Crippen LogP contribution >= 0.6 is 0 Å². The van der Waals surface area contributed by atoms with Crippen molar-refractivity contribution in [3.8, 4) is 55.9 Å². The summed E-state index contributed by atoms with van der Waals surface area (Å²) in [5.41, 5.74) is 17.2. The van der Waals surface area contributed by atoms with E-state index in [0.717, 1.165) is 68.8 Å². The summed E-state index contributed by atoms with van der Waals surface area (Å²) in [6, 6.07) is 58.4. The summed E-state index contributed by atoms with van der Waals surface area (Å²) in [7, 11) is -1.43. The van der Waals surface area contributed by atoms with Crippen LogP contribution in [-0.4, -0.2) is 18.0 Å². The van der Waals surface area contributed by atoms with Crippen LogP contribution < -0.4 is 5.19 Å². The van der Waals surface area contributed by atoms with E-state index in [-0.39, 0.29) is 20.1 Å². The Balaban J connectivity index is 0.000000182. The van der Waals surface area contributed by atoms with Gasteiger partial charge in [-0.3, -0.25) is 0 Å². The molecule has 0 N–H and O–H groups in total. The molecular formula is C62H62IrN2OSi-2. The Morgan fingerprint density at radius 2 is 1.24 bits per heavy atom. The summed E-state index contributed by atoms with van der Waals surface area (Å²) in [5, 5.41) is 3.75. The zero-order valence-electron chi connectivity index (χ0n) is 40.0. The van der Waals surface area contributed by atoms with Gasteiger partial charge < -0.3 is 14.4 Å². The Hall–Kier alpha value is -5.71. The van der Waals surface area contributed by atoms with E-state index in [1.807, 2.05) is 18.3 Å². The van der Waals surface area contributed by atoms with Gasteiger partial charge in [-0.25, -0.2) is 0 Å². The minimum absolute atomic E-state index is 0. The van der Waals surface area contributed by atoms with E-state index in [2.05, 4.69) is 192 Å². The van der Waals surface area contributed by atoms with Gasteiger partial charge in [0.25, 0.3) is 0 Å². The van der Waals surface area contributed by atoms with Crippen LogP contribution in [0.4, 0.5) is 0 Å². The van der Waals surface area contributed by atoms with Crippen LogP contribution in [0.15, 0.2) is 162 Å². The minimum Gasteiger partial charge on any atom is -0.500 e. The largest absolute Gasteiger partial charge is 0.500 e. The van der Waals surface area contributed by atoms with Crippen molar-refractivity contribution in [2.45, 2.75) is 97.7 Å². The molecule has 0 atom stereocenters. The molecule has 1 aliphatic rings. The number of hydrogen-bond acceptors (Lipinski definition) is 3. The molecule has 3 nitrogen and oxygen atoms in total. The maximum atomic E-state index is 6.41. The van der Waals surface area contributed by atoms with Gasteiger partial charge in [-0.05, 0) is 93.7 Å². The Bertz CT molecular complexity index is 3050. The maximum Gasteiger partial charge on any atom is 0.122 e. The zero-order chi connectivity index (χ0) is 45.6. The van der Waals surface area contributed by atoms with Gasteiger partial charge in [0.15, 0.2) is 0 Å². The molecule has 1 radical (unpaired) electrons. The Kier molecular flexibility index (Phi) is 15.3. The van der Waals surface area contributed by atoms with Crippen LogP contribution in [0.25, 0.3) is 77.8 Å². The van der Waals surface area contributed by atoms with E-state index < -0.39 is 8.07 Å². The summed E-state index contributed by atoms with van der Waals surface area (Å²) < 4.78 is 6.41. The molecule has 9 aromatic rings. The molecule has 0 spiro atoms. The van der Waals surface area contributed by atoms with Crippen LogP contribution in [0, 0.1) is 25.0 Å². The average Bonchev–Trinajstić information content (AvgIpc) is 3.73. The first-order valence-electron chi connectivity index (χ1n) is 24.2. The number of furan rings is 1. The number of aromatic nitrogens is 2. The molecule has 67 heavy (non-hydrogen) atoms. The number of rotatable bonds is 11. The summed E-state index contributed by atoms with van der Waals surface area (Å²) in [5.74, 6) is 1.39. The molecule has 0 saturated heterocycles. The summed E-state index contributed by atoms with van der Waals surface area (Å²) >= 11 is 0. The topological polar surface area (TPSA) is 38.9 Å². The normalized spacial score (nSPS) is 13.1. The molecule has 3 heterocycles. The van der Waals surface area contributed by atoms with Crippen molar-refractivity contribution in [1.82, 2.24) is 9.97 Å². The summed E-state index contributed by atoms with van der Waals surface area (Å²) in [6.45, 7) is 14.0. The SMILES string of the molecule is CCC(CC)c1ccnc(-c2[c-]cc3oc4cc(-c5ccccc5)cc(-c5ccccc5)c4c3c2)c1.Cc1c[c-]c(-c2cc(CC3CCCCC3)c([Si](C)(C)C)cn2)cc1-c1ccccc1.[Ir]. The molecule has 1 aliphatic carbocycles. The molecule has 5 heteroatoms. The third-order valence-electron chi connectivity index (χ3n) is 13.8. The predicted molar refractivity (Wildman–Crippen MR) is 282 cm³/mol. The van der Waals surface area contributed by atoms with Crippen molar-refractivity contribution in [3.63, 3.8) is 0 Å². The van der Waals surface area contributed by atoms with Crippen LogP contribution in [0.2, 0.25) is 19.6 Å². The first-order valence-corrected chi connectivity index (χ1v) is 27.7. The Labute approximate surface area is 413 Å². The Morgan fingerprint density at radius 1 is 0.627 bits per heavy atom. The number of hydrogen-bond donors (Lipinski definition) is 0. The minimum atomic E-state index is -1.43. The van der Waals surface area contributed by atoms with E-state index in [0.29, 0.717) is 5.92 Å². The van der Waals surface area contributed by atoms with Gasteiger partial charge in [-0.15, -0.1) is 53.1 Å². The second-order valence-corrected chi connectivity index (χ2v) is 24.4. The molecule has 6 aromatic carbocycles.